The van der Waals surface area contributed by atoms with Crippen LogP contribution in [0.2, 0.25) is 0 Å². The molecule has 0 aliphatic carbocycles. The average Bonchev–Trinajstić information content (AvgIpc) is 2.03. The van der Waals surface area contributed by atoms with Crippen molar-refractivity contribution in [2.24, 2.45) is 0 Å². The first kappa shape index (κ1) is 10.7. The predicted molar refractivity (Wildman–Crippen MR) is 43.7 cm³/mol. The lowest BCUT2D eigenvalue weighted by atomic mass is 10.3. The van der Waals surface area contributed by atoms with Gasteiger partial charge in [-0.3, -0.25) is 0 Å². The molecule has 0 aromatic carbocycles. The first-order valence-corrected chi connectivity index (χ1v) is 3.74. The highest BCUT2D eigenvalue weighted by Gasteiger charge is 2.14. The molecule has 5 nitrogen and oxygen atoms in total. The van der Waals surface area contributed by atoms with Crippen LogP contribution in [0, 0.1) is 0 Å². The molecule has 1 atom stereocenters. The number of esters is 1. The number of urea groups is 1. The Morgan fingerprint density at radius 1 is 1.50 bits per heavy atom. The Hall–Kier alpha value is -1.26. The van der Waals surface area contributed by atoms with Crippen molar-refractivity contribution in [1.82, 2.24) is 10.6 Å². The number of ether oxygens (including phenoxy) is 1. The van der Waals surface area contributed by atoms with Crippen LogP contribution in [0.4, 0.5) is 4.79 Å². The molecule has 12 heavy (non-hydrogen) atoms. The third-order valence-electron chi connectivity index (χ3n) is 1.24. The number of methoxy groups -OCH3 is 1. The molecule has 0 bridgehead atoms. The minimum absolute atomic E-state index is 0.365. The van der Waals surface area contributed by atoms with E-state index in [2.05, 4.69) is 15.4 Å². The van der Waals surface area contributed by atoms with Crippen LogP contribution < -0.4 is 10.6 Å². The van der Waals surface area contributed by atoms with E-state index in [4.69, 9.17) is 0 Å². The largest absolute Gasteiger partial charge is 0.467 e. The molecule has 2 amide bonds. The molecule has 5 heteroatoms. The highest BCUT2D eigenvalue weighted by molar-refractivity contribution is 5.83. The zero-order chi connectivity index (χ0) is 9.56. The second-order valence-electron chi connectivity index (χ2n) is 2.25. The summed E-state index contributed by atoms with van der Waals surface area (Å²) in [5, 5.41) is 4.90. The fourth-order valence-corrected chi connectivity index (χ4v) is 0.644. The van der Waals surface area contributed by atoms with Crippen molar-refractivity contribution in [2.75, 3.05) is 13.7 Å². The Kier molecular flexibility index (Phi) is 4.83. The monoisotopic (exact) mass is 174 g/mol. The molecular formula is C7H14N2O3. The average molecular weight is 174 g/mol. The number of carbonyl (C=O) groups excluding carboxylic acids is 2. The van der Waals surface area contributed by atoms with Crippen LogP contribution in [0.5, 0.6) is 0 Å². The van der Waals surface area contributed by atoms with E-state index in [9.17, 15) is 9.59 Å². The highest BCUT2D eigenvalue weighted by atomic mass is 16.5. The molecule has 0 saturated carbocycles. The minimum atomic E-state index is -0.610. The lowest BCUT2D eigenvalue weighted by molar-refractivity contribution is -0.142. The van der Waals surface area contributed by atoms with Gasteiger partial charge in [-0.1, -0.05) is 0 Å². The molecule has 0 radical (unpaired) electrons. The summed E-state index contributed by atoms with van der Waals surface area (Å²) >= 11 is 0. The molecule has 1 unspecified atom stereocenters. The van der Waals surface area contributed by atoms with Gasteiger partial charge in [0.25, 0.3) is 0 Å². The Balaban J connectivity index is 3.75. The molecule has 0 heterocycles. The van der Waals surface area contributed by atoms with E-state index in [0.29, 0.717) is 6.54 Å². The van der Waals surface area contributed by atoms with E-state index in [1.807, 2.05) is 0 Å². The quantitative estimate of drug-likeness (QED) is 0.585. The predicted octanol–water partition coefficient (Wildman–Crippen LogP) is -0.133. The first-order chi connectivity index (χ1) is 5.61. The van der Waals surface area contributed by atoms with Gasteiger partial charge in [0.15, 0.2) is 0 Å². The van der Waals surface area contributed by atoms with Gasteiger partial charge in [0, 0.05) is 6.54 Å². The Morgan fingerprint density at radius 2 is 2.08 bits per heavy atom. The number of amides is 2. The maximum absolute atomic E-state index is 10.8. The van der Waals surface area contributed by atoms with Gasteiger partial charge in [-0.15, -0.1) is 0 Å². The van der Waals surface area contributed by atoms with E-state index < -0.39 is 12.0 Å². The zero-order valence-electron chi connectivity index (χ0n) is 7.51. The topological polar surface area (TPSA) is 67.4 Å². The summed E-state index contributed by atoms with van der Waals surface area (Å²) in [6.07, 6.45) is 0. The van der Waals surface area contributed by atoms with Gasteiger partial charge in [0.1, 0.15) is 6.04 Å². The molecule has 0 spiro atoms. The molecule has 0 saturated heterocycles. The molecule has 0 aliphatic heterocycles. The standard InChI is InChI=1S/C7H14N2O3/c1-4-8-7(11)9-5(2)6(10)12-3/h5H,4H2,1-3H3,(H2,8,9,11). The summed E-state index contributed by atoms with van der Waals surface area (Å²) in [5.74, 6) is -0.457. The van der Waals surface area contributed by atoms with E-state index in [0.717, 1.165) is 0 Å². The second-order valence-corrected chi connectivity index (χ2v) is 2.25. The van der Waals surface area contributed by atoms with Crippen LogP contribution in [0.1, 0.15) is 13.8 Å². The van der Waals surface area contributed by atoms with Gasteiger partial charge in [-0.05, 0) is 13.8 Å². The van der Waals surface area contributed by atoms with Crippen LogP contribution in [0.3, 0.4) is 0 Å². The van der Waals surface area contributed by atoms with Crippen LogP contribution in [0.25, 0.3) is 0 Å². The zero-order valence-corrected chi connectivity index (χ0v) is 7.51. The summed E-state index contributed by atoms with van der Waals surface area (Å²) in [4.78, 5) is 21.6. The lowest BCUT2D eigenvalue weighted by Gasteiger charge is -2.11. The van der Waals surface area contributed by atoms with E-state index in [1.165, 1.54) is 7.11 Å². The first-order valence-electron chi connectivity index (χ1n) is 3.74. The molecule has 0 aromatic rings. The molecule has 70 valence electrons. The second kappa shape index (κ2) is 5.40. The van der Waals surface area contributed by atoms with Crippen molar-refractivity contribution in [3.8, 4) is 0 Å². The Bertz CT molecular complexity index is 170. The lowest BCUT2D eigenvalue weighted by Crippen LogP contribution is -2.44. The van der Waals surface area contributed by atoms with Gasteiger partial charge in [0.05, 0.1) is 7.11 Å². The fourth-order valence-electron chi connectivity index (χ4n) is 0.644. The molecule has 0 aromatic heterocycles. The van der Waals surface area contributed by atoms with Crippen LogP contribution in [-0.4, -0.2) is 31.7 Å². The van der Waals surface area contributed by atoms with Crippen molar-refractivity contribution in [2.45, 2.75) is 19.9 Å². The Labute approximate surface area is 71.5 Å². The smallest absolute Gasteiger partial charge is 0.328 e. The highest BCUT2D eigenvalue weighted by Crippen LogP contribution is 1.84. The Morgan fingerprint density at radius 3 is 2.50 bits per heavy atom. The van der Waals surface area contributed by atoms with Crippen molar-refractivity contribution >= 4 is 12.0 Å². The molecule has 0 aliphatic rings. The summed E-state index contributed by atoms with van der Waals surface area (Å²) in [5.41, 5.74) is 0. The normalized spacial score (nSPS) is 11.6. The van der Waals surface area contributed by atoms with E-state index in [1.54, 1.807) is 13.8 Å². The minimum Gasteiger partial charge on any atom is -0.467 e. The number of nitrogens with one attached hydrogen (secondary N) is 2. The maximum Gasteiger partial charge on any atom is 0.328 e. The van der Waals surface area contributed by atoms with Crippen LogP contribution >= 0.6 is 0 Å². The SMILES string of the molecule is CCNC(=O)NC(C)C(=O)OC. The van der Waals surface area contributed by atoms with Gasteiger partial charge >= 0.3 is 12.0 Å². The number of rotatable bonds is 3. The molecule has 0 fully saturated rings. The van der Waals surface area contributed by atoms with Crippen molar-refractivity contribution in [1.29, 1.82) is 0 Å². The number of hydrogen-bond acceptors (Lipinski definition) is 3. The molecular weight excluding hydrogens is 160 g/mol. The van der Waals surface area contributed by atoms with Gasteiger partial charge < -0.3 is 15.4 Å². The van der Waals surface area contributed by atoms with Crippen molar-refractivity contribution in [3.63, 3.8) is 0 Å². The van der Waals surface area contributed by atoms with Crippen molar-refractivity contribution in [3.05, 3.63) is 0 Å². The van der Waals surface area contributed by atoms with Gasteiger partial charge in [-0.25, -0.2) is 9.59 Å². The summed E-state index contributed by atoms with van der Waals surface area (Å²) in [7, 11) is 1.28. The third-order valence-corrected chi connectivity index (χ3v) is 1.24. The molecule has 2 N–H and O–H groups in total. The third kappa shape index (κ3) is 3.80. The van der Waals surface area contributed by atoms with E-state index in [-0.39, 0.29) is 6.03 Å². The molecule has 0 rings (SSSR count). The van der Waals surface area contributed by atoms with Gasteiger partial charge in [0.2, 0.25) is 0 Å². The van der Waals surface area contributed by atoms with Crippen LogP contribution in [0.15, 0.2) is 0 Å². The number of hydrogen-bond donors (Lipinski definition) is 2. The van der Waals surface area contributed by atoms with Gasteiger partial charge in [-0.2, -0.15) is 0 Å². The summed E-state index contributed by atoms with van der Waals surface area (Å²) in [6.45, 7) is 3.88. The summed E-state index contributed by atoms with van der Waals surface area (Å²) in [6, 6.07) is -0.975. The fraction of sp³-hybridized carbons (Fsp3) is 0.714. The maximum atomic E-state index is 10.8. The van der Waals surface area contributed by atoms with Crippen molar-refractivity contribution < 1.29 is 14.3 Å². The number of carbonyl (C=O) groups is 2. The van der Waals surface area contributed by atoms with E-state index >= 15 is 0 Å². The van der Waals surface area contributed by atoms with Crippen LogP contribution in [-0.2, 0) is 9.53 Å². The summed E-state index contributed by atoms with van der Waals surface area (Å²) < 4.78 is 4.41.